The van der Waals surface area contributed by atoms with Crippen LogP contribution in [0, 0.1) is 0 Å². The minimum Gasteiger partial charge on any atom is -0.265 e. The highest BCUT2D eigenvalue weighted by Crippen LogP contribution is 2.61. The Kier molecular flexibility index (Phi) is 6.55. The lowest BCUT2D eigenvalue weighted by molar-refractivity contribution is -0.513. The van der Waals surface area contributed by atoms with E-state index in [0.29, 0.717) is 0 Å². The molecule has 0 aromatic heterocycles. The molecule has 0 aromatic carbocycles. The van der Waals surface area contributed by atoms with Gasteiger partial charge in [-0.2, -0.15) is 70.2 Å². The van der Waals surface area contributed by atoms with Crippen LogP contribution in [0.25, 0.3) is 0 Å². The number of rotatable bonds is 8. The van der Waals surface area contributed by atoms with Crippen LogP contribution in [0.1, 0.15) is 13.8 Å². The number of alkyl halides is 18. The lowest BCUT2D eigenvalue weighted by Gasteiger charge is -2.42. The maximum Gasteiger partial charge on any atom is 0.455 e. The first-order valence-electron chi connectivity index (χ1n) is 6.56. The summed E-state index contributed by atoms with van der Waals surface area (Å²) in [6.07, 6.45) is -15.5. The number of ether oxygens (including phenoxy) is 1. The van der Waals surface area contributed by atoms with Crippen molar-refractivity contribution in [3.63, 3.8) is 0 Å². The topological polar surface area (TPSA) is 9.23 Å². The van der Waals surface area contributed by atoms with Crippen molar-refractivity contribution in [1.82, 2.24) is 0 Å². The van der Waals surface area contributed by atoms with Gasteiger partial charge in [0.2, 0.25) is 0 Å². The van der Waals surface area contributed by atoms with E-state index in [9.17, 15) is 79.0 Å². The van der Waals surface area contributed by atoms with Gasteiger partial charge in [0.15, 0.2) is 0 Å². The van der Waals surface area contributed by atoms with Gasteiger partial charge in [-0.1, -0.05) is 0 Å². The summed E-state index contributed by atoms with van der Waals surface area (Å²) < 4.78 is 233. The van der Waals surface area contributed by atoms with Gasteiger partial charge in [0.1, 0.15) is 0 Å². The second kappa shape index (κ2) is 6.85. The first-order chi connectivity index (χ1) is 12.5. The average Bonchev–Trinajstić information content (AvgIpc) is 2.42. The zero-order valence-corrected chi connectivity index (χ0v) is 13.7. The molecule has 0 amide bonds. The molecule has 0 N–H and O–H groups in total. The number of hydrogen-bond acceptors (Lipinski definition) is 1. The molecule has 0 bridgehead atoms. The Balaban J connectivity index is 6.65. The molecule has 19 heteroatoms. The van der Waals surface area contributed by atoms with Crippen LogP contribution >= 0.6 is 0 Å². The highest BCUT2D eigenvalue weighted by atomic mass is 19.4. The van der Waals surface area contributed by atoms with Crippen molar-refractivity contribution in [2.24, 2.45) is 0 Å². The van der Waals surface area contributed by atoms with Crippen LogP contribution in [0.15, 0.2) is 0 Å². The van der Waals surface area contributed by atoms with Gasteiger partial charge in [0, 0.05) is 13.8 Å². The van der Waals surface area contributed by atoms with Crippen molar-refractivity contribution >= 4 is 0 Å². The monoisotopic (exact) mass is 496 g/mol. The molecule has 0 saturated heterocycles. The predicted molar refractivity (Wildman–Crippen MR) is 57.0 cm³/mol. The maximum atomic E-state index is 13.3. The Hall–Kier alpha value is -1.30. The van der Waals surface area contributed by atoms with Gasteiger partial charge in [-0.15, -0.1) is 0 Å². The van der Waals surface area contributed by atoms with Gasteiger partial charge < -0.3 is 0 Å². The van der Waals surface area contributed by atoms with E-state index in [0.717, 1.165) is 0 Å². The molecular formula is C11H6F18O. The van der Waals surface area contributed by atoms with E-state index >= 15 is 0 Å². The fourth-order valence-corrected chi connectivity index (χ4v) is 1.49. The van der Waals surface area contributed by atoms with E-state index in [1.54, 1.807) is 0 Å². The molecule has 0 heterocycles. The Bertz CT molecular complexity index is 606. The number of hydrogen-bond donors (Lipinski definition) is 0. The Morgan fingerprint density at radius 1 is 0.400 bits per heavy atom. The first kappa shape index (κ1) is 28.7. The summed E-state index contributed by atoms with van der Waals surface area (Å²) in [5.74, 6) is -52.4. The molecule has 0 radical (unpaired) electrons. The van der Waals surface area contributed by atoms with Gasteiger partial charge in [-0.3, -0.25) is 4.74 Å². The van der Waals surface area contributed by atoms with Gasteiger partial charge in [-0.25, -0.2) is 8.78 Å². The van der Waals surface area contributed by atoms with Crippen molar-refractivity contribution < 1.29 is 83.8 Å². The minimum atomic E-state index is -8.41. The summed E-state index contributed by atoms with van der Waals surface area (Å²) in [5, 5.41) is 0. The molecule has 1 unspecified atom stereocenters. The minimum absolute atomic E-state index is 1.24. The fraction of sp³-hybridized carbons (Fsp3) is 1.00. The first-order valence-corrected chi connectivity index (χ1v) is 6.56. The standard InChI is InChI=1S/C11H6F18O/c1-3(12,13)5(16,17)6(18,19)7(20,21)8(22,23)11(28,29)30-9(24,4(2,14)15)10(25,26)27/h1-2H3. The van der Waals surface area contributed by atoms with Crippen molar-refractivity contribution in [2.45, 2.75) is 67.5 Å². The summed E-state index contributed by atoms with van der Waals surface area (Å²) in [6, 6.07) is 0. The molecule has 1 nitrogen and oxygen atoms in total. The lowest BCUT2D eigenvalue weighted by atomic mass is 9.94. The van der Waals surface area contributed by atoms with Crippen LogP contribution in [0.4, 0.5) is 79.0 Å². The second-order valence-electron chi connectivity index (χ2n) is 5.79. The molecule has 0 spiro atoms. The second-order valence-corrected chi connectivity index (χ2v) is 5.79. The summed E-state index contributed by atoms with van der Waals surface area (Å²) in [4.78, 5) is 0. The SMILES string of the molecule is CC(F)(F)C(F)(F)C(F)(F)C(F)(F)C(F)(F)C(F)(F)OC(F)(C(C)(F)F)C(F)(F)F. The van der Waals surface area contributed by atoms with Gasteiger partial charge in [-0.05, 0) is 0 Å². The van der Waals surface area contributed by atoms with E-state index in [1.807, 2.05) is 0 Å². The van der Waals surface area contributed by atoms with Crippen LogP contribution in [0.3, 0.4) is 0 Å². The molecule has 0 rings (SSSR count). The van der Waals surface area contributed by atoms with Crippen LogP contribution in [-0.2, 0) is 4.74 Å². The molecular weight excluding hydrogens is 490 g/mol. The van der Waals surface area contributed by atoms with Crippen LogP contribution < -0.4 is 0 Å². The zero-order chi connectivity index (χ0) is 25.2. The largest absolute Gasteiger partial charge is 0.455 e. The van der Waals surface area contributed by atoms with Crippen LogP contribution in [-0.4, -0.2) is 53.7 Å². The molecule has 0 fully saturated rings. The molecule has 0 saturated carbocycles. The van der Waals surface area contributed by atoms with Crippen LogP contribution in [0.5, 0.6) is 0 Å². The molecule has 182 valence electrons. The molecule has 0 aliphatic heterocycles. The predicted octanol–water partition coefficient (Wildman–Crippen LogP) is 6.68. The highest BCUT2D eigenvalue weighted by Gasteiger charge is 2.91. The third-order valence-corrected chi connectivity index (χ3v) is 3.30. The number of halogens is 18. The van der Waals surface area contributed by atoms with E-state index in [4.69, 9.17) is 0 Å². The Labute approximate surface area is 152 Å². The van der Waals surface area contributed by atoms with E-state index in [-0.39, 0.29) is 0 Å². The molecule has 0 aliphatic rings. The Morgan fingerprint density at radius 3 is 0.933 bits per heavy atom. The van der Waals surface area contributed by atoms with Crippen molar-refractivity contribution in [1.29, 1.82) is 0 Å². The van der Waals surface area contributed by atoms with Crippen molar-refractivity contribution in [3.8, 4) is 0 Å². The third-order valence-electron chi connectivity index (χ3n) is 3.30. The smallest absolute Gasteiger partial charge is 0.265 e. The summed E-state index contributed by atoms with van der Waals surface area (Å²) >= 11 is 0. The van der Waals surface area contributed by atoms with Gasteiger partial charge >= 0.3 is 53.7 Å². The summed E-state index contributed by atoms with van der Waals surface area (Å²) in [7, 11) is 0. The van der Waals surface area contributed by atoms with Crippen molar-refractivity contribution in [3.05, 3.63) is 0 Å². The van der Waals surface area contributed by atoms with Crippen LogP contribution in [0.2, 0.25) is 0 Å². The maximum absolute atomic E-state index is 13.3. The third kappa shape index (κ3) is 3.85. The van der Waals surface area contributed by atoms with E-state index in [1.165, 1.54) is 4.74 Å². The lowest BCUT2D eigenvalue weighted by Crippen LogP contribution is -2.72. The fourth-order valence-electron chi connectivity index (χ4n) is 1.49. The highest BCUT2D eigenvalue weighted by molar-refractivity contribution is 5.10. The van der Waals surface area contributed by atoms with E-state index in [2.05, 4.69) is 0 Å². The average molecular weight is 496 g/mol. The molecule has 1 atom stereocenters. The van der Waals surface area contributed by atoms with Crippen molar-refractivity contribution in [2.75, 3.05) is 0 Å². The van der Waals surface area contributed by atoms with Gasteiger partial charge in [0.05, 0.1) is 0 Å². The van der Waals surface area contributed by atoms with Gasteiger partial charge in [0.25, 0.3) is 0 Å². The van der Waals surface area contributed by atoms with E-state index < -0.39 is 67.5 Å². The summed E-state index contributed by atoms with van der Waals surface area (Å²) in [5.41, 5.74) is 0. The Morgan fingerprint density at radius 2 is 0.700 bits per heavy atom. The summed E-state index contributed by atoms with van der Waals surface area (Å²) in [6.45, 7) is -2.50. The normalized spacial score (nSPS) is 18.4. The molecule has 0 aromatic rings. The zero-order valence-electron chi connectivity index (χ0n) is 13.7. The molecule has 30 heavy (non-hydrogen) atoms. The molecule has 0 aliphatic carbocycles. The quantitative estimate of drug-likeness (QED) is 0.341.